The Balaban J connectivity index is 1.48. The van der Waals surface area contributed by atoms with Crippen LogP contribution in [-0.4, -0.2) is 29.8 Å². The van der Waals surface area contributed by atoms with E-state index in [9.17, 15) is 9.59 Å². The van der Waals surface area contributed by atoms with E-state index in [4.69, 9.17) is 0 Å². The van der Waals surface area contributed by atoms with Gasteiger partial charge in [0, 0.05) is 24.7 Å². The molecule has 0 aromatic heterocycles. The molecule has 0 saturated carbocycles. The average molecular weight is 364 g/mol. The molecular weight excluding hydrogens is 336 g/mol. The first-order valence-electron chi connectivity index (χ1n) is 9.75. The van der Waals surface area contributed by atoms with Gasteiger partial charge in [0.25, 0.3) is 0 Å². The third-order valence-corrected chi connectivity index (χ3v) is 5.26. The fraction of sp³-hybridized carbons (Fsp3) is 0.391. The molecule has 2 aromatic carbocycles. The molecule has 0 bridgehead atoms. The summed E-state index contributed by atoms with van der Waals surface area (Å²) in [6, 6.07) is 17.9. The number of benzene rings is 2. The molecule has 1 aliphatic heterocycles. The van der Waals surface area contributed by atoms with Gasteiger partial charge in [0.1, 0.15) is 0 Å². The lowest BCUT2D eigenvalue weighted by Gasteiger charge is -2.31. The normalized spacial score (nSPS) is 15.0. The van der Waals surface area contributed by atoms with Gasteiger partial charge in [-0.05, 0) is 42.0 Å². The highest BCUT2D eigenvalue weighted by Crippen LogP contribution is 2.22. The minimum Gasteiger partial charge on any atom is -0.342 e. The Bertz CT molecular complexity index is 761. The van der Waals surface area contributed by atoms with Crippen LogP contribution in [0.1, 0.15) is 43.7 Å². The van der Waals surface area contributed by atoms with E-state index in [-0.39, 0.29) is 17.7 Å². The highest BCUT2D eigenvalue weighted by molar-refractivity contribution is 5.92. The highest BCUT2D eigenvalue weighted by atomic mass is 16.2. The summed E-state index contributed by atoms with van der Waals surface area (Å²) in [6.07, 6.45) is 1.87. The Morgan fingerprint density at radius 1 is 1.00 bits per heavy atom. The van der Waals surface area contributed by atoms with Crippen molar-refractivity contribution in [3.05, 3.63) is 65.7 Å². The summed E-state index contributed by atoms with van der Waals surface area (Å²) in [5.74, 6) is 0.648. The van der Waals surface area contributed by atoms with Crippen molar-refractivity contribution in [1.82, 2.24) is 4.90 Å². The van der Waals surface area contributed by atoms with Gasteiger partial charge in [-0.25, -0.2) is 0 Å². The van der Waals surface area contributed by atoms with Crippen LogP contribution in [0.2, 0.25) is 0 Å². The second-order valence-corrected chi connectivity index (χ2v) is 7.58. The molecule has 2 aromatic rings. The second-order valence-electron chi connectivity index (χ2n) is 7.58. The Kier molecular flexibility index (Phi) is 6.28. The van der Waals surface area contributed by atoms with Gasteiger partial charge in [-0.3, -0.25) is 9.59 Å². The predicted molar refractivity (Wildman–Crippen MR) is 109 cm³/mol. The van der Waals surface area contributed by atoms with Crippen LogP contribution in [0.25, 0.3) is 0 Å². The molecule has 4 nitrogen and oxygen atoms in total. The van der Waals surface area contributed by atoms with Crippen LogP contribution in [0.15, 0.2) is 54.6 Å². The Morgan fingerprint density at radius 3 is 2.22 bits per heavy atom. The van der Waals surface area contributed by atoms with Gasteiger partial charge in [-0.2, -0.15) is 0 Å². The second kappa shape index (κ2) is 8.85. The number of carbonyl (C=O) groups is 2. The minimum atomic E-state index is -0.0319. The molecule has 1 fully saturated rings. The van der Waals surface area contributed by atoms with E-state index in [2.05, 4.69) is 31.3 Å². The summed E-state index contributed by atoms with van der Waals surface area (Å²) in [4.78, 5) is 26.9. The van der Waals surface area contributed by atoms with Gasteiger partial charge in [-0.1, -0.05) is 56.3 Å². The predicted octanol–water partition coefficient (Wildman–Crippen LogP) is 4.23. The summed E-state index contributed by atoms with van der Waals surface area (Å²) in [5.41, 5.74) is 3.14. The number of carbonyl (C=O) groups excluding carboxylic acids is 2. The first kappa shape index (κ1) is 19.2. The molecule has 0 aliphatic carbocycles. The Hall–Kier alpha value is -2.62. The van der Waals surface area contributed by atoms with E-state index in [1.807, 2.05) is 47.4 Å². The molecule has 0 radical (unpaired) electrons. The molecule has 1 aliphatic rings. The first-order chi connectivity index (χ1) is 13.0. The SMILES string of the molecule is CC(C)c1ccc(NC(=O)C2CCN(C(=O)Cc3ccccc3)CC2)cc1. The van der Waals surface area contributed by atoms with Gasteiger partial charge >= 0.3 is 0 Å². The maximum Gasteiger partial charge on any atom is 0.227 e. The molecule has 142 valence electrons. The lowest BCUT2D eigenvalue weighted by atomic mass is 9.95. The number of hydrogen-bond acceptors (Lipinski definition) is 2. The Morgan fingerprint density at radius 2 is 1.63 bits per heavy atom. The van der Waals surface area contributed by atoms with Crippen LogP contribution in [-0.2, 0) is 16.0 Å². The number of amides is 2. The smallest absolute Gasteiger partial charge is 0.227 e. The van der Waals surface area contributed by atoms with E-state index < -0.39 is 0 Å². The molecular formula is C23H28N2O2. The monoisotopic (exact) mass is 364 g/mol. The summed E-state index contributed by atoms with van der Waals surface area (Å²) in [7, 11) is 0. The van der Waals surface area contributed by atoms with Crippen molar-refractivity contribution in [2.24, 2.45) is 5.92 Å². The van der Waals surface area contributed by atoms with E-state index in [1.165, 1.54) is 5.56 Å². The zero-order valence-corrected chi connectivity index (χ0v) is 16.2. The van der Waals surface area contributed by atoms with Gasteiger partial charge < -0.3 is 10.2 Å². The third-order valence-electron chi connectivity index (χ3n) is 5.26. The molecule has 0 atom stereocenters. The first-order valence-corrected chi connectivity index (χ1v) is 9.75. The van der Waals surface area contributed by atoms with Gasteiger partial charge in [0.05, 0.1) is 6.42 Å². The van der Waals surface area contributed by atoms with E-state index in [1.54, 1.807) is 0 Å². The van der Waals surface area contributed by atoms with E-state index >= 15 is 0 Å². The van der Waals surface area contributed by atoms with Crippen LogP contribution in [0, 0.1) is 5.92 Å². The molecule has 2 amide bonds. The summed E-state index contributed by atoms with van der Waals surface area (Å²) in [5, 5.41) is 3.02. The summed E-state index contributed by atoms with van der Waals surface area (Å²) >= 11 is 0. The van der Waals surface area contributed by atoms with Crippen LogP contribution in [0.3, 0.4) is 0 Å². The quantitative estimate of drug-likeness (QED) is 0.863. The maximum absolute atomic E-state index is 12.5. The molecule has 0 unspecified atom stereocenters. The highest BCUT2D eigenvalue weighted by Gasteiger charge is 2.27. The molecule has 0 spiro atoms. The minimum absolute atomic E-state index is 0.0319. The van der Waals surface area contributed by atoms with Crippen LogP contribution in [0.4, 0.5) is 5.69 Å². The summed E-state index contributed by atoms with van der Waals surface area (Å²) < 4.78 is 0. The number of anilines is 1. The van der Waals surface area contributed by atoms with E-state index in [0.717, 1.165) is 24.1 Å². The summed E-state index contributed by atoms with van der Waals surface area (Å²) in [6.45, 7) is 5.60. The molecule has 3 rings (SSSR count). The molecule has 27 heavy (non-hydrogen) atoms. The van der Waals surface area contributed by atoms with Crippen LogP contribution < -0.4 is 5.32 Å². The number of nitrogens with one attached hydrogen (secondary N) is 1. The van der Waals surface area contributed by atoms with E-state index in [0.29, 0.717) is 25.4 Å². The molecule has 1 heterocycles. The topological polar surface area (TPSA) is 49.4 Å². The zero-order chi connectivity index (χ0) is 19.2. The maximum atomic E-state index is 12.5. The third kappa shape index (κ3) is 5.19. The van der Waals surface area contributed by atoms with Crippen molar-refractivity contribution in [2.75, 3.05) is 18.4 Å². The van der Waals surface area contributed by atoms with Crippen LogP contribution >= 0.6 is 0 Å². The van der Waals surface area contributed by atoms with Gasteiger partial charge in [-0.15, -0.1) is 0 Å². The average Bonchev–Trinajstić information content (AvgIpc) is 2.69. The van der Waals surface area contributed by atoms with Crippen molar-refractivity contribution < 1.29 is 9.59 Å². The number of rotatable bonds is 5. The zero-order valence-electron chi connectivity index (χ0n) is 16.2. The van der Waals surface area contributed by atoms with Crippen LogP contribution in [0.5, 0.6) is 0 Å². The lowest BCUT2D eigenvalue weighted by Crippen LogP contribution is -2.42. The number of hydrogen-bond donors (Lipinski definition) is 1. The molecule has 1 N–H and O–H groups in total. The number of likely N-dealkylation sites (tertiary alicyclic amines) is 1. The van der Waals surface area contributed by atoms with Crippen molar-refractivity contribution in [1.29, 1.82) is 0 Å². The fourth-order valence-corrected chi connectivity index (χ4v) is 3.47. The van der Waals surface area contributed by atoms with Crippen molar-refractivity contribution >= 4 is 17.5 Å². The van der Waals surface area contributed by atoms with Crippen molar-refractivity contribution in [3.8, 4) is 0 Å². The standard InChI is InChI=1S/C23H28N2O2/c1-17(2)19-8-10-21(11-9-19)24-23(27)20-12-14-25(15-13-20)22(26)16-18-6-4-3-5-7-18/h3-11,17,20H,12-16H2,1-2H3,(H,24,27). The van der Waals surface area contributed by atoms with Gasteiger partial charge in [0.2, 0.25) is 11.8 Å². The van der Waals surface area contributed by atoms with Crippen molar-refractivity contribution in [2.45, 2.75) is 39.0 Å². The lowest BCUT2D eigenvalue weighted by molar-refractivity contribution is -0.133. The number of piperidine rings is 1. The van der Waals surface area contributed by atoms with Gasteiger partial charge in [0.15, 0.2) is 0 Å². The molecule has 1 saturated heterocycles. The molecule has 4 heteroatoms. The fourth-order valence-electron chi connectivity index (χ4n) is 3.47. The largest absolute Gasteiger partial charge is 0.342 e. The number of nitrogens with zero attached hydrogens (tertiary/aromatic N) is 1. The Labute approximate surface area is 161 Å². The van der Waals surface area contributed by atoms with Crippen molar-refractivity contribution in [3.63, 3.8) is 0 Å².